The maximum absolute atomic E-state index is 13.0. The number of alkyl halides is 2. The van der Waals surface area contributed by atoms with Gasteiger partial charge in [0.25, 0.3) is 6.43 Å². The molecule has 0 spiro atoms. The molecule has 15 heavy (non-hydrogen) atoms. The Morgan fingerprint density at radius 1 is 1.33 bits per heavy atom. The molecule has 0 N–H and O–H groups in total. The van der Waals surface area contributed by atoms with Crippen molar-refractivity contribution in [3.8, 4) is 0 Å². The van der Waals surface area contributed by atoms with Crippen LogP contribution in [0.2, 0.25) is 0 Å². The zero-order valence-corrected chi connectivity index (χ0v) is 8.83. The number of rotatable bonds is 3. The van der Waals surface area contributed by atoms with Crippen molar-refractivity contribution in [2.24, 2.45) is 0 Å². The summed E-state index contributed by atoms with van der Waals surface area (Å²) in [5, 5.41) is 0. The first-order chi connectivity index (χ1) is 6.81. The molecule has 1 rings (SSSR count). The molecule has 1 aromatic carbocycles. The van der Waals surface area contributed by atoms with Crippen LogP contribution < -0.4 is 0 Å². The van der Waals surface area contributed by atoms with Crippen LogP contribution in [0.3, 0.4) is 0 Å². The lowest BCUT2D eigenvalue weighted by molar-refractivity contribution is 0.145. The summed E-state index contributed by atoms with van der Waals surface area (Å²) in [5.74, 6) is -1.95. The number of benzene rings is 1. The third kappa shape index (κ3) is 3.39. The predicted molar refractivity (Wildman–Crippen MR) is 49.8 cm³/mol. The smallest absolute Gasteiger partial charge is 0.212 e. The molecule has 0 radical (unpaired) electrons. The minimum atomic E-state index is -3.98. The molecule has 1 aromatic rings. The van der Waals surface area contributed by atoms with Gasteiger partial charge in [0.05, 0.1) is 11.3 Å². The molecule has 0 aliphatic carbocycles. The molecule has 0 saturated heterocycles. The summed E-state index contributed by atoms with van der Waals surface area (Å²) in [6.45, 7) is 0. The molecule has 0 aromatic heterocycles. The van der Waals surface area contributed by atoms with Crippen LogP contribution in [0.25, 0.3) is 0 Å². The van der Waals surface area contributed by atoms with E-state index in [0.29, 0.717) is 0 Å². The minimum absolute atomic E-state index is 0.319. The molecule has 0 unspecified atom stereocenters. The summed E-state index contributed by atoms with van der Waals surface area (Å²) in [7, 11) is 0.924. The van der Waals surface area contributed by atoms with Gasteiger partial charge in [-0.3, -0.25) is 0 Å². The molecule has 0 bridgehead atoms. The zero-order valence-electron chi connectivity index (χ0n) is 7.25. The Balaban J connectivity index is 3.24. The summed E-state index contributed by atoms with van der Waals surface area (Å²) in [6.07, 6.45) is -3.07. The van der Waals surface area contributed by atoms with Gasteiger partial charge >= 0.3 is 0 Å². The summed E-state index contributed by atoms with van der Waals surface area (Å²) >= 11 is 0. The van der Waals surface area contributed by atoms with Crippen LogP contribution in [0, 0.1) is 5.82 Å². The maximum atomic E-state index is 13.0. The van der Waals surface area contributed by atoms with Gasteiger partial charge in [0.15, 0.2) is 0 Å². The van der Waals surface area contributed by atoms with Gasteiger partial charge < -0.3 is 0 Å². The third-order valence-electron chi connectivity index (χ3n) is 1.69. The predicted octanol–water partition coefficient (Wildman–Crippen LogP) is 2.83. The monoisotopic (exact) mass is 258 g/mol. The third-order valence-corrected chi connectivity index (χ3v) is 2.67. The molecule has 7 heteroatoms. The first-order valence-electron chi connectivity index (χ1n) is 3.79. The van der Waals surface area contributed by atoms with Gasteiger partial charge in [0, 0.05) is 10.7 Å². The van der Waals surface area contributed by atoms with Crippen LogP contribution >= 0.6 is 10.7 Å². The van der Waals surface area contributed by atoms with E-state index in [-0.39, 0.29) is 5.56 Å². The zero-order chi connectivity index (χ0) is 11.6. The van der Waals surface area contributed by atoms with Gasteiger partial charge in [-0.1, -0.05) is 12.1 Å². The Bertz CT molecular complexity index is 459. The molecule has 2 nitrogen and oxygen atoms in total. The Kier molecular flexibility index (Phi) is 3.62. The average Bonchev–Trinajstić information content (AvgIpc) is 1.99. The van der Waals surface area contributed by atoms with E-state index in [9.17, 15) is 21.6 Å². The largest absolute Gasteiger partial charge is 0.266 e. The second-order valence-corrected chi connectivity index (χ2v) is 5.57. The van der Waals surface area contributed by atoms with Crippen LogP contribution in [0.5, 0.6) is 0 Å². The van der Waals surface area contributed by atoms with E-state index < -0.39 is 32.6 Å². The molecule has 0 aliphatic rings. The van der Waals surface area contributed by atoms with Crippen molar-refractivity contribution in [1.82, 2.24) is 0 Å². The normalized spacial score (nSPS) is 12.1. The lowest BCUT2D eigenvalue weighted by Gasteiger charge is -2.07. The molecular weight excluding hydrogens is 253 g/mol. The Morgan fingerprint density at radius 2 is 1.93 bits per heavy atom. The van der Waals surface area contributed by atoms with Gasteiger partial charge in [0.2, 0.25) is 9.05 Å². The van der Waals surface area contributed by atoms with Crippen molar-refractivity contribution in [1.29, 1.82) is 0 Å². The highest BCUT2D eigenvalue weighted by Gasteiger charge is 2.20. The second-order valence-electron chi connectivity index (χ2n) is 2.80. The van der Waals surface area contributed by atoms with Crippen LogP contribution in [-0.2, 0) is 14.8 Å². The van der Waals surface area contributed by atoms with Gasteiger partial charge in [-0.15, -0.1) is 0 Å². The van der Waals surface area contributed by atoms with E-state index in [1.165, 1.54) is 0 Å². The summed E-state index contributed by atoms with van der Waals surface area (Å²) < 4.78 is 59.1. The van der Waals surface area contributed by atoms with Crippen molar-refractivity contribution in [3.05, 3.63) is 35.1 Å². The highest BCUT2D eigenvalue weighted by molar-refractivity contribution is 8.13. The minimum Gasteiger partial charge on any atom is -0.212 e. The Morgan fingerprint density at radius 3 is 2.40 bits per heavy atom. The lowest BCUT2D eigenvalue weighted by Crippen LogP contribution is -2.03. The van der Waals surface area contributed by atoms with E-state index in [1.54, 1.807) is 0 Å². The van der Waals surface area contributed by atoms with Gasteiger partial charge in [-0.2, -0.15) is 0 Å². The SMILES string of the molecule is O=S(=O)(Cl)Cc1cccc(F)c1C(F)F. The second kappa shape index (κ2) is 4.40. The molecular formula is C8H6ClF3O2S. The van der Waals surface area contributed by atoms with E-state index >= 15 is 0 Å². The Hall–Kier alpha value is -0.750. The molecule has 0 atom stereocenters. The van der Waals surface area contributed by atoms with Crippen LogP contribution in [-0.4, -0.2) is 8.42 Å². The molecule has 0 aliphatic heterocycles. The van der Waals surface area contributed by atoms with Crippen molar-refractivity contribution in [2.75, 3.05) is 0 Å². The fraction of sp³-hybridized carbons (Fsp3) is 0.250. The molecule has 84 valence electrons. The lowest BCUT2D eigenvalue weighted by atomic mass is 10.1. The summed E-state index contributed by atoms with van der Waals surface area (Å²) in [5.41, 5.74) is -1.23. The topological polar surface area (TPSA) is 34.1 Å². The summed E-state index contributed by atoms with van der Waals surface area (Å²) in [6, 6.07) is 3.09. The fourth-order valence-corrected chi connectivity index (χ4v) is 2.11. The number of halogens is 4. The van der Waals surface area contributed by atoms with Crippen LogP contribution in [0.4, 0.5) is 13.2 Å². The van der Waals surface area contributed by atoms with Gasteiger partial charge in [0.1, 0.15) is 5.82 Å². The first kappa shape index (κ1) is 12.3. The van der Waals surface area contributed by atoms with Crippen molar-refractivity contribution in [2.45, 2.75) is 12.2 Å². The quantitative estimate of drug-likeness (QED) is 0.782. The Labute approximate surface area is 89.1 Å². The molecule has 0 saturated carbocycles. The number of hydrogen-bond acceptors (Lipinski definition) is 2. The fourth-order valence-electron chi connectivity index (χ4n) is 1.14. The highest BCUT2D eigenvalue weighted by atomic mass is 35.7. The van der Waals surface area contributed by atoms with E-state index in [0.717, 1.165) is 18.2 Å². The van der Waals surface area contributed by atoms with Gasteiger partial charge in [-0.05, 0) is 11.6 Å². The van der Waals surface area contributed by atoms with Crippen LogP contribution in [0.1, 0.15) is 17.6 Å². The molecule has 0 heterocycles. The van der Waals surface area contributed by atoms with Crippen molar-refractivity contribution < 1.29 is 21.6 Å². The molecule has 0 amide bonds. The standard InChI is InChI=1S/C8H6ClF3O2S/c9-15(13,14)4-5-2-1-3-6(10)7(5)8(11)12/h1-3,8H,4H2. The molecule has 0 fully saturated rings. The van der Waals surface area contributed by atoms with Crippen molar-refractivity contribution >= 4 is 19.7 Å². The van der Waals surface area contributed by atoms with Crippen molar-refractivity contribution in [3.63, 3.8) is 0 Å². The van der Waals surface area contributed by atoms with E-state index in [2.05, 4.69) is 0 Å². The first-order valence-corrected chi connectivity index (χ1v) is 6.27. The van der Waals surface area contributed by atoms with Gasteiger partial charge in [-0.25, -0.2) is 21.6 Å². The highest BCUT2D eigenvalue weighted by Crippen LogP contribution is 2.27. The average molecular weight is 259 g/mol. The van der Waals surface area contributed by atoms with E-state index in [1.807, 2.05) is 0 Å². The summed E-state index contributed by atoms with van der Waals surface area (Å²) in [4.78, 5) is 0. The van der Waals surface area contributed by atoms with E-state index in [4.69, 9.17) is 10.7 Å². The maximum Gasteiger partial charge on any atom is 0.266 e. The number of hydrogen-bond donors (Lipinski definition) is 0. The van der Waals surface area contributed by atoms with Crippen LogP contribution in [0.15, 0.2) is 18.2 Å².